The highest BCUT2D eigenvalue weighted by Crippen LogP contribution is 2.13. The molecule has 0 aromatic carbocycles. The largest absolute Gasteiger partial charge is 0.382 e. The van der Waals surface area contributed by atoms with Gasteiger partial charge in [-0.1, -0.05) is 19.8 Å². The number of anilines is 1. The van der Waals surface area contributed by atoms with Gasteiger partial charge in [0.2, 0.25) is 0 Å². The number of alkyl halides is 1. The van der Waals surface area contributed by atoms with Crippen LogP contribution in [0.15, 0.2) is 6.20 Å². The number of nitrogens with one attached hydrogen (secondary N) is 1. The summed E-state index contributed by atoms with van der Waals surface area (Å²) in [6, 6.07) is 0. The summed E-state index contributed by atoms with van der Waals surface area (Å²) in [5.41, 5.74) is 2.05. The monoisotopic (exact) mass is 249 g/mol. The maximum atomic E-state index is 12.1. The first-order valence-corrected chi connectivity index (χ1v) is 5.61. The fourth-order valence-electron chi connectivity index (χ4n) is 1.52. The molecule has 0 saturated heterocycles. The van der Waals surface area contributed by atoms with Crippen molar-refractivity contribution >= 4 is 18.1 Å². The van der Waals surface area contributed by atoms with Crippen LogP contribution in [0.1, 0.15) is 31.9 Å². The number of hydrogen-bond donors (Lipinski definition) is 1. The molecule has 1 heterocycles. The summed E-state index contributed by atoms with van der Waals surface area (Å²) >= 11 is 0. The van der Waals surface area contributed by atoms with Crippen molar-refractivity contribution in [3.05, 3.63) is 11.9 Å². The molecule has 1 N–H and O–H groups in total. The van der Waals surface area contributed by atoms with E-state index in [4.69, 9.17) is 0 Å². The summed E-state index contributed by atoms with van der Waals surface area (Å²) in [5, 5.41) is 7.44. The molecule has 1 aromatic rings. The molecule has 3 nitrogen and oxygen atoms in total. The Morgan fingerprint density at radius 2 is 2.19 bits per heavy atom. The quantitative estimate of drug-likeness (QED) is 0.753. The summed E-state index contributed by atoms with van der Waals surface area (Å²) in [6.45, 7) is 5.10. The predicted octanol–water partition coefficient (Wildman–Crippen LogP) is 3.18. The van der Waals surface area contributed by atoms with Crippen molar-refractivity contribution in [2.45, 2.75) is 39.7 Å². The molecule has 0 unspecified atom stereocenters. The van der Waals surface area contributed by atoms with E-state index in [9.17, 15) is 4.39 Å². The summed E-state index contributed by atoms with van der Waals surface area (Å²) in [5.74, 6) is 0. The van der Waals surface area contributed by atoms with Crippen molar-refractivity contribution in [3.8, 4) is 0 Å². The second kappa shape index (κ2) is 8.39. The number of rotatable bonds is 7. The highest BCUT2D eigenvalue weighted by molar-refractivity contribution is 5.85. The maximum Gasteiger partial charge on any atom is 0.109 e. The smallest absolute Gasteiger partial charge is 0.109 e. The first kappa shape index (κ1) is 15.2. The van der Waals surface area contributed by atoms with Gasteiger partial charge in [0.15, 0.2) is 0 Å². The minimum Gasteiger partial charge on any atom is -0.382 e. The Kier molecular flexibility index (Phi) is 7.99. The van der Waals surface area contributed by atoms with Crippen molar-refractivity contribution in [2.24, 2.45) is 0 Å². The van der Waals surface area contributed by atoms with Crippen LogP contribution in [0.4, 0.5) is 10.1 Å². The van der Waals surface area contributed by atoms with E-state index < -0.39 is 0 Å². The third kappa shape index (κ3) is 4.39. The third-order valence-electron chi connectivity index (χ3n) is 2.50. The van der Waals surface area contributed by atoms with E-state index in [0.29, 0.717) is 6.54 Å². The Hall–Kier alpha value is -0.770. The molecule has 5 heteroatoms. The summed E-state index contributed by atoms with van der Waals surface area (Å²) < 4.78 is 13.8. The molecule has 0 aliphatic heterocycles. The van der Waals surface area contributed by atoms with Crippen molar-refractivity contribution in [3.63, 3.8) is 0 Å². The third-order valence-corrected chi connectivity index (χ3v) is 2.50. The zero-order valence-corrected chi connectivity index (χ0v) is 10.8. The van der Waals surface area contributed by atoms with Gasteiger partial charge in [-0.25, -0.2) is 4.39 Å². The first-order chi connectivity index (χ1) is 7.29. The number of aryl methyl sites for hydroxylation is 1. The van der Waals surface area contributed by atoms with E-state index in [0.717, 1.165) is 17.9 Å². The minimum atomic E-state index is -0.363. The molecule has 1 rings (SSSR count). The normalized spacial score (nSPS) is 9.94. The zero-order valence-electron chi connectivity index (χ0n) is 10.0. The van der Waals surface area contributed by atoms with Gasteiger partial charge >= 0.3 is 0 Å². The van der Waals surface area contributed by atoms with Gasteiger partial charge in [-0.05, 0) is 13.3 Å². The highest BCUT2D eigenvalue weighted by Gasteiger charge is 2.04. The van der Waals surface area contributed by atoms with E-state index in [1.807, 2.05) is 6.92 Å². The number of hydrogen-bond acceptors (Lipinski definition) is 2. The molecule has 0 saturated carbocycles. The van der Waals surface area contributed by atoms with E-state index in [1.165, 1.54) is 19.3 Å². The van der Waals surface area contributed by atoms with Crippen LogP contribution < -0.4 is 5.32 Å². The van der Waals surface area contributed by atoms with Crippen LogP contribution >= 0.6 is 12.4 Å². The molecule has 0 atom stereocenters. The SMILES string of the molecule is CCCCCNc1cnn(CCF)c1C.Cl. The van der Waals surface area contributed by atoms with E-state index in [1.54, 1.807) is 10.9 Å². The van der Waals surface area contributed by atoms with Gasteiger partial charge in [-0.2, -0.15) is 5.10 Å². The van der Waals surface area contributed by atoms with Gasteiger partial charge in [-0.15, -0.1) is 12.4 Å². The van der Waals surface area contributed by atoms with Crippen molar-refractivity contribution < 1.29 is 4.39 Å². The van der Waals surface area contributed by atoms with Crippen LogP contribution in [0, 0.1) is 6.92 Å². The fourth-order valence-corrected chi connectivity index (χ4v) is 1.52. The Balaban J connectivity index is 0.00000225. The predicted molar refractivity (Wildman–Crippen MR) is 68.2 cm³/mol. The molecule has 0 aliphatic rings. The molecular weight excluding hydrogens is 229 g/mol. The van der Waals surface area contributed by atoms with Crippen LogP contribution in [-0.2, 0) is 6.54 Å². The van der Waals surface area contributed by atoms with Crippen LogP contribution in [-0.4, -0.2) is 23.0 Å². The maximum absolute atomic E-state index is 12.1. The van der Waals surface area contributed by atoms with Crippen LogP contribution in [0.25, 0.3) is 0 Å². The standard InChI is InChI=1S/C11H20FN3.ClH/c1-3-4-5-7-13-11-9-14-15(8-6-12)10(11)2;/h9,13H,3-8H2,1-2H3;1H. The summed E-state index contributed by atoms with van der Waals surface area (Å²) in [4.78, 5) is 0. The highest BCUT2D eigenvalue weighted by atomic mass is 35.5. The van der Waals surface area contributed by atoms with Crippen molar-refractivity contribution in [1.82, 2.24) is 9.78 Å². The molecule has 0 fully saturated rings. The number of unbranched alkanes of at least 4 members (excludes halogenated alkanes) is 2. The lowest BCUT2D eigenvalue weighted by atomic mass is 10.2. The Morgan fingerprint density at radius 3 is 2.81 bits per heavy atom. The van der Waals surface area contributed by atoms with Crippen molar-refractivity contribution in [1.29, 1.82) is 0 Å². The Labute approximate surface area is 103 Å². The molecule has 0 radical (unpaired) electrons. The molecule has 1 aromatic heterocycles. The van der Waals surface area contributed by atoms with E-state index >= 15 is 0 Å². The summed E-state index contributed by atoms with van der Waals surface area (Å²) in [6.07, 6.45) is 5.41. The number of nitrogens with zero attached hydrogens (tertiary/aromatic N) is 2. The van der Waals surface area contributed by atoms with Gasteiger partial charge in [0.1, 0.15) is 6.67 Å². The van der Waals surface area contributed by atoms with Crippen LogP contribution in [0.5, 0.6) is 0 Å². The molecule has 94 valence electrons. The van der Waals surface area contributed by atoms with Gasteiger partial charge in [-0.3, -0.25) is 4.68 Å². The van der Waals surface area contributed by atoms with Gasteiger partial charge in [0, 0.05) is 6.54 Å². The Morgan fingerprint density at radius 1 is 1.44 bits per heavy atom. The minimum absolute atomic E-state index is 0. The lowest BCUT2D eigenvalue weighted by molar-refractivity contribution is 0.423. The Bertz CT molecular complexity index is 289. The van der Waals surface area contributed by atoms with Gasteiger partial charge < -0.3 is 5.32 Å². The van der Waals surface area contributed by atoms with Gasteiger partial charge in [0.05, 0.1) is 24.1 Å². The van der Waals surface area contributed by atoms with E-state index in [2.05, 4.69) is 17.3 Å². The molecule has 0 amide bonds. The fraction of sp³-hybridized carbons (Fsp3) is 0.727. The first-order valence-electron chi connectivity index (χ1n) is 5.61. The molecule has 16 heavy (non-hydrogen) atoms. The van der Waals surface area contributed by atoms with Crippen molar-refractivity contribution in [2.75, 3.05) is 18.5 Å². The topological polar surface area (TPSA) is 29.9 Å². The van der Waals surface area contributed by atoms with E-state index in [-0.39, 0.29) is 19.1 Å². The second-order valence-electron chi connectivity index (χ2n) is 3.69. The van der Waals surface area contributed by atoms with Crippen LogP contribution in [0.3, 0.4) is 0 Å². The van der Waals surface area contributed by atoms with Gasteiger partial charge in [0.25, 0.3) is 0 Å². The van der Waals surface area contributed by atoms with Crippen LogP contribution in [0.2, 0.25) is 0 Å². The second-order valence-corrected chi connectivity index (χ2v) is 3.69. The number of halogens is 2. The number of aromatic nitrogens is 2. The average molecular weight is 250 g/mol. The zero-order chi connectivity index (χ0) is 11.1. The average Bonchev–Trinajstić information content (AvgIpc) is 2.57. The lowest BCUT2D eigenvalue weighted by Gasteiger charge is -2.05. The summed E-state index contributed by atoms with van der Waals surface area (Å²) in [7, 11) is 0. The molecular formula is C11H21ClFN3. The molecule has 0 aliphatic carbocycles. The lowest BCUT2D eigenvalue weighted by Crippen LogP contribution is -2.06. The molecule has 0 bridgehead atoms. The molecule has 0 spiro atoms.